The summed E-state index contributed by atoms with van der Waals surface area (Å²) in [7, 11) is 0. The van der Waals surface area contributed by atoms with Crippen LogP contribution in [0.25, 0.3) is 0 Å². The van der Waals surface area contributed by atoms with Gasteiger partial charge in [-0.2, -0.15) is 0 Å². The van der Waals surface area contributed by atoms with E-state index in [1.54, 1.807) is 0 Å². The molecule has 0 spiro atoms. The van der Waals surface area contributed by atoms with Crippen molar-refractivity contribution in [3.05, 3.63) is 23.5 Å². The third-order valence-corrected chi connectivity index (χ3v) is 3.63. The molecular weight excluding hydrogens is 196 g/mol. The second kappa shape index (κ2) is 4.86. The molecule has 0 saturated carbocycles. The molecule has 0 amide bonds. The fourth-order valence-corrected chi connectivity index (χ4v) is 2.73. The lowest BCUT2D eigenvalue weighted by Crippen LogP contribution is -2.10. The number of nitrogens with zero attached hydrogens (tertiary/aromatic N) is 1. The maximum atomic E-state index is 4.34. The van der Waals surface area contributed by atoms with Crippen molar-refractivity contribution in [1.29, 1.82) is 0 Å². The topological polar surface area (TPSA) is 24.9 Å². The van der Waals surface area contributed by atoms with Crippen molar-refractivity contribution >= 4 is 5.69 Å². The first-order valence-electron chi connectivity index (χ1n) is 6.44. The summed E-state index contributed by atoms with van der Waals surface area (Å²) in [4.78, 5) is 4.34. The molecule has 1 atom stereocenters. The smallest absolute Gasteiger partial charge is 0.0564 e. The van der Waals surface area contributed by atoms with Crippen LogP contribution in [-0.2, 0) is 6.42 Å². The van der Waals surface area contributed by atoms with E-state index in [1.807, 2.05) is 12.4 Å². The molecule has 2 rings (SSSR count). The zero-order chi connectivity index (χ0) is 11.5. The molecule has 88 valence electrons. The summed E-state index contributed by atoms with van der Waals surface area (Å²) in [6, 6.07) is 0. The maximum Gasteiger partial charge on any atom is 0.0564 e. The number of fused-ring (bicyclic) bond motifs is 1. The highest BCUT2D eigenvalue weighted by Gasteiger charge is 2.23. The first kappa shape index (κ1) is 11.4. The molecule has 0 fully saturated rings. The highest BCUT2D eigenvalue weighted by molar-refractivity contribution is 5.55. The zero-order valence-corrected chi connectivity index (χ0v) is 10.6. The fraction of sp³-hybridized carbons (Fsp3) is 0.643. The van der Waals surface area contributed by atoms with Crippen molar-refractivity contribution in [1.82, 2.24) is 4.98 Å². The lowest BCUT2D eigenvalue weighted by atomic mass is 9.82. The van der Waals surface area contributed by atoms with E-state index in [0.29, 0.717) is 11.8 Å². The monoisotopic (exact) mass is 218 g/mol. The van der Waals surface area contributed by atoms with Crippen LogP contribution in [0.1, 0.15) is 50.7 Å². The van der Waals surface area contributed by atoms with Crippen molar-refractivity contribution in [3.8, 4) is 0 Å². The van der Waals surface area contributed by atoms with Gasteiger partial charge in [0.1, 0.15) is 0 Å². The number of aromatic nitrogens is 1. The summed E-state index contributed by atoms with van der Waals surface area (Å²) >= 11 is 0. The van der Waals surface area contributed by atoms with Crippen LogP contribution < -0.4 is 5.32 Å². The molecular formula is C14H22N2. The number of hydrogen-bond donors (Lipinski definition) is 1. The number of rotatable bonds is 2. The molecule has 0 bridgehead atoms. The third kappa shape index (κ3) is 2.06. The minimum atomic E-state index is 0.697. The average Bonchev–Trinajstić information content (AvgIpc) is 2.50. The van der Waals surface area contributed by atoms with E-state index in [0.717, 1.165) is 13.0 Å². The number of hydrogen-bond acceptors (Lipinski definition) is 2. The Morgan fingerprint density at radius 3 is 2.94 bits per heavy atom. The van der Waals surface area contributed by atoms with Gasteiger partial charge in [0.2, 0.25) is 0 Å². The van der Waals surface area contributed by atoms with Gasteiger partial charge in [0.05, 0.1) is 11.9 Å². The molecule has 2 nitrogen and oxygen atoms in total. The normalized spacial score (nSPS) is 20.1. The second-order valence-corrected chi connectivity index (χ2v) is 5.03. The zero-order valence-electron chi connectivity index (χ0n) is 10.6. The van der Waals surface area contributed by atoms with Gasteiger partial charge in [-0.25, -0.2) is 0 Å². The minimum absolute atomic E-state index is 0.697. The van der Waals surface area contributed by atoms with E-state index in [-0.39, 0.29) is 0 Å². The summed E-state index contributed by atoms with van der Waals surface area (Å²) in [6.07, 6.45) is 7.69. The highest BCUT2D eigenvalue weighted by Crippen LogP contribution is 2.38. The first-order chi connectivity index (χ1) is 7.74. The van der Waals surface area contributed by atoms with Gasteiger partial charge in [0, 0.05) is 12.7 Å². The molecule has 16 heavy (non-hydrogen) atoms. The van der Waals surface area contributed by atoms with Gasteiger partial charge in [-0.15, -0.1) is 0 Å². The summed E-state index contributed by atoms with van der Waals surface area (Å²) < 4.78 is 0. The van der Waals surface area contributed by atoms with Crippen molar-refractivity contribution in [2.24, 2.45) is 5.92 Å². The van der Waals surface area contributed by atoms with Crippen LogP contribution in [0, 0.1) is 5.92 Å². The van der Waals surface area contributed by atoms with E-state index in [2.05, 4.69) is 31.1 Å². The highest BCUT2D eigenvalue weighted by atomic mass is 14.9. The van der Waals surface area contributed by atoms with Gasteiger partial charge in [0.15, 0.2) is 0 Å². The Bertz CT molecular complexity index is 358. The Balaban J connectivity index is 2.48. The summed E-state index contributed by atoms with van der Waals surface area (Å²) in [5.74, 6) is 1.41. The Kier molecular flexibility index (Phi) is 3.47. The minimum Gasteiger partial charge on any atom is -0.384 e. The van der Waals surface area contributed by atoms with E-state index >= 15 is 0 Å². The molecule has 2 heteroatoms. The lowest BCUT2D eigenvalue weighted by molar-refractivity contribution is 0.464. The average molecular weight is 218 g/mol. The number of anilines is 1. The molecule has 1 aromatic heterocycles. The van der Waals surface area contributed by atoms with Gasteiger partial charge < -0.3 is 5.32 Å². The molecule has 1 N–H and O–H groups in total. The Morgan fingerprint density at radius 1 is 1.44 bits per heavy atom. The molecule has 0 radical (unpaired) electrons. The van der Waals surface area contributed by atoms with Gasteiger partial charge in [-0.1, -0.05) is 20.8 Å². The molecule has 0 aromatic carbocycles. The summed E-state index contributed by atoms with van der Waals surface area (Å²) in [5, 5.41) is 3.52. The van der Waals surface area contributed by atoms with Crippen molar-refractivity contribution in [3.63, 3.8) is 0 Å². The number of aryl methyl sites for hydroxylation is 1. The van der Waals surface area contributed by atoms with E-state index in [9.17, 15) is 0 Å². The predicted octanol–water partition coefficient (Wildman–Crippen LogP) is 3.59. The van der Waals surface area contributed by atoms with Crippen LogP contribution in [0.5, 0.6) is 0 Å². The van der Waals surface area contributed by atoms with E-state index in [1.165, 1.54) is 29.7 Å². The van der Waals surface area contributed by atoms with Crippen LogP contribution in [0.3, 0.4) is 0 Å². The van der Waals surface area contributed by atoms with Crippen LogP contribution in [0.15, 0.2) is 12.4 Å². The molecule has 1 aromatic rings. The summed E-state index contributed by atoms with van der Waals surface area (Å²) in [6.45, 7) is 7.98. The largest absolute Gasteiger partial charge is 0.384 e. The van der Waals surface area contributed by atoms with Crippen molar-refractivity contribution in [2.75, 3.05) is 11.9 Å². The Hall–Kier alpha value is -1.05. The summed E-state index contributed by atoms with van der Waals surface area (Å²) in [5.41, 5.74) is 4.23. The molecule has 1 aliphatic heterocycles. The third-order valence-electron chi connectivity index (χ3n) is 3.63. The number of pyridine rings is 1. The van der Waals surface area contributed by atoms with Gasteiger partial charge in [-0.05, 0) is 42.2 Å². The first-order valence-corrected chi connectivity index (χ1v) is 6.44. The van der Waals surface area contributed by atoms with Crippen molar-refractivity contribution < 1.29 is 0 Å². The van der Waals surface area contributed by atoms with Gasteiger partial charge in [-0.3, -0.25) is 4.98 Å². The van der Waals surface area contributed by atoms with Gasteiger partial charge >= 0.3 is 0 Å². The maximum absolute atomic E-state index is 4.34. The quantitative estimate of drug-likeness (QED) is 0.820. The molecule has 2 heterocycles. The molecule has 0 saturated heterocycles. The predicted molar refractivity (Wildman–Crippen MR) is 68.9 cm³/mol. The van der Waals surface area contributed by atoms with E-state index < -0.39 is 0 Å². The van der Waals surface area contributed by atoms with Gasteiger partial charge in [0.25, 0.3) is 0 Å². The number of nitrogens with one attached hydrogen (secondary N) is 1. The fourth-order valence-electron chi connectivity index (χ4n) is 2.73. The van der Waals surface area contributed by atoms with Crippen LogP contribution in [0.4, 0.5) is 5.69 Å². The van der Waals surface area contributed by atoms with Crippen LogP contribution in [0.2, 0.25) is 0 Å². The Labute approximate surface area is 98.5 Å². The molecule has 1 unspecified atom stereocenters. The molecule has 0 aliphatic carbocycles. The SMILES string of the molecule is CCc1cncc2c1C(C(C)C)CCCN2. The van der Waals surface area contributed by atoms with Crippen LogP contribution in [-0.4, -0.2) is 11.5 Å². The van der Waals surface area contributed by atoms with E-state index in [4.69, 9.17) is 0 Å². The lowest BCUT2D eigenvalue weighted by Gasteiger charge is -2.23. The van der Waals surface area contributed by atoms with Crippen LogP contribution >= 0.6 is 0 Å². The standard InChI is InChI=1S/C14H22N2/c1-4-11-8-15-9-13-14(11)12(10(2)3)6-5-7-16-13/h8-10,12,16H,4-7H2,1-3H3. The van der Waals surface area contributed by atoms with Crippen molar-refractivity contribution in [2.45, 2.75) is 46.0 Å². The molecule has 1 aliphatic rings. The Morgan fingerprint density at radius 2 is 2.25 bits per heavy atom. The second-order valence-electron chi connectivity index (χ2n) is 5.03.